The number of rotatable bonds is 4. The molecule has 5 heteroatoms. The van der Waals surface area contributed by atoms with Gasteiger partial charge in [-0.25, -0.2) is 5.90 Å². The van der Waals surface area contributed by atoms with Gasteiger partial charge in [0, 0.05) is 5.69 Å². The zero-order valence-corrected chi connectivity index (χ0v) is 9.08. The van der Waals surface area contributed by atoms with Gasteiger partial charge in [-0.2, -0.15) is 0 Å². The predicted octanol–water partition coefficient (Wildman–Crippen LogP) is 0.623. The third kappa shape index (κ3) is 2.00. The number of carbonyl (C=O) groups is 1. The van der Waals surface area contributed by atoms with E-state index in [1.807, 2.05) is 12.1 Å². The normalized spacial score (nSPS) is 13.5. The van der Waals surface area contributed by atoms with Crippen LogP contribution in [0.25, 0.3) is 0 Å². The van der Waals surface area contributed by atoms with Gasteiger partial charge in [-0.3, -0.25) is 4.79 Å². The van der Waals surface area contributed by atoms with Crippen LogP contribution in [0.1, 0.15) is 11.1 Å². The lowest BCUT2D eigenvalue weighted by Gasteiger charge is -2.10. The predicted molar refractivity (Wildman–Crippen MR) is 59.2 cm³/mol. The fraction of sp³-hybridized carbons (Fsp3) is 0.364. The Balaban J connectivity index is 2.35. The van der Waals surface area contributed by atoms with Gasteiger partial charge in [0.25, 0.3) is 0 Å². The van der Waals surface area contributed by atoms with Gasteiger partial charge in [0.15, 0.2) is 0 Å². The van der Waals surface area contributed by atoms with Gasteiger partial charge in [0.05, 0.1) is 20.1 Å². The third-order valence-electron chi connectivity index (χ3n) is 2.62. The minimum Gasteiger partial charge on any atom is -0.497 e. The van der Waals surface area contributed by atoms with Crippen LogP contribution in [0, 0.1) is 0 Å². The van der Waals surface area contributed by atoms with Crippen LogP contribution >= 0.6 is 0 Å². The molecule has 0 saturated carbocycles. The molecule has 0 aliphatic carbocycles. The molecule has 86 valence electrons. The Bertz CT molecular complexity index is 418. The second-order valence-corrected chi connectivity index (χ2v) is 3.67. The Hall–Kier alpha value is -1.59. The molecule has 1 aliphatic rings. The van der Waals surface area contributed by atoms with Crippen molar-refractivity contribution in [3.05, 3.63) is 23.3 Å². The Kier molecular flexibility index (Phi) is 3.07. The first-order chi connectivity index (χ1) is 7.74. The van der Waals surface area contributed by atoms with Crippen molar-refractivity contribution in [2.45, 2.75) is 12.8 Å². The van der Waals surface area contributed by atoms with Crippen LogP contribution in [0.15, 0.2) is 12.1 Å². The van der Waals surface area contributed by atoms with Gasteiger partial charge in [0.1, 0.15) is 5.75 Å². The van der Waals surface area contributed by atoms with Crippen LogP contribution in [0.3, 0.4) is 0 Å². The number of hydrogen-bond donors (Lipinski definition) is 2. The van der Waals surface area contributed by atoms with Crippen molar-refractivity contribution >= 4 is 11.6 Å². The highest BCUT2D eigenvalue weighted by molar-refractivity contribution is 6.00. The van der Waals surface area contributed by atoms with Crippen molar-refractivity contribution in [1.82, 2.24) is 0 Å². The highest BCUT2D eigenvalue weighted by atomic mass is 16.6. The molecule has 0 unspecified atom stereocenters. The van der Waals surface area contributed by atoms with E-state index in [0.29, 0.717) is 19.4 Å². The quantitative estimate of drug-likeness (QED) is 0.732. The monoisotopic (exact) mass is 222 g/mol. The molecular weight excluding hydrogens is 208 g/mol. The molecule has 1 heterocycles. The van der Waals surface area contributed by atoms with E-state index in [1.54, 1.807) is 7.11 Å². The highest BCUT2D eigenvalue weighted by Crippen LogP contribution is 2.32. The minimum atomic E-state index is 0.0122. The van der Waals surface area contributed by atoms with Crippen molar-refractivity contribution in [3.8, 4) is 5.75 Å². The number of nitrogens with one attached hydrogen (secondary N) is 1. The summed E-state index contributed by atoms with van der Waals surface area (Å²) in [6, 6.07) is 3.77. The Morgan fingerprint density at radius 3 is 3.00 bits per heavy atom. The van der Waals surface area contributed by atoms with E-state index in [9.17, 15) is 4.79 Å². The van der Waals surface area contributed by atoms with E-state index in [0.717, 1.165) is 22.6 Å². The number of anilines is 1. The molecule has 1 aromatic carbocycles. The fourth-order valence-electron chi connectivity index (χ4n) is 1.88. The molecule has 0 saturated heterocycles. The molecule has 5 nitrogen and oxygen atoms in total. The van der Waals surface area contributed by atoms with E-state index >= 15 is 0 Å². The maximum absolute atomic E-state index is 11.3. The molecule has 0 atom stereocenters. The zero-order valence-electron chi connectivity index (χ0n) is 9.08. The van der Waals surface area contributed by atoms with Crippen LogP contribution in [0.4, 0.5) is 5.69 Å². The summed E-state index contributed by atoms with van der Waals surface area (Å²) in [5.74, 6) is 5.77. The van der Waals surface area contributed by atoms with E-state index in [2.05, 4.69) is 10.2 Å². The maximum Gasteiger partial charge on any atom is 0.228 e. The summed E-state index contributed by atoms with van der Waals surface area (Å²) in [5.41, 5.74) is 2.84. The third-order valence-corrected chi connectivity index (χ3v) is 2.62. The molecular formula is C11H14N2O3. The molecule has 1 aromatic rings. The Labute approximate surface area is 93.5 Å². The first-order valence-corrected chi connectivity index (χ1v) is 5.06. The molecule has 0 bridgehead atoms. The van der Waals surface area contributed by atoms with Crippen molar-refractivity contribution in [3.63, 3.8) is 0 Å². The van der Waals surface area contributed by atoms with Crippen LogP contribution in [-0.2, 0) is 22.5 Å². The number of amides is 1. The minimum absolute atomic E-state index is 0.0122. The van der Waals surface area contributed by atoms with Gasteiger partial charge in [-0.15, -0.1) is 0 Å². The number of nitrogens with two attached hydrogens (primary N) is 1. The second kappa shape index (κ2) is 4.51. The Morgan fingerprint density at radius 1 is 1.50 bits per heavy atom. The lowest BCUT2D eigenvalue weighted by molar-refractivity contribution is -0.115. The van der Waals surface area contributed by atoms with Crippen LogP contribution in [-0.4, -0.2) is 19.6 Å². The number of fused-ring (bicyclic) bond motifs is 1. The summed E-state index contributed by atoms with van der Waals surface area (Å²) in [7, 11) is 1.61. The first kappa shape index (κ1) is 10.9. The smallest absolute Gasteiger partial charge is 0.228 e. The molecule has 0 spiro atoms. The van der Waals surface area contributed by atoms with E-state index < -0.39 is 0 Å². The zero-order chi connectivity index (χ0) is 11.5. The molecule has 16 heavy (non-hydrogen) atoms. The molecule has 0 radical (unpaired) electrons. The average Bonchev–Trinajstić information content (AvgIpc) is 2.65. The highest BCUT2D eigenvalue weighted by Gasteiger charge is 2.21. The van der Waals surface area contributed by atoms with Gasteiger partial charge in [-0.05, 0) is 29.7 Å². The van der Waals surface area contributed by atoms with Gasteiger partial charge in [-0.1, -0.05) is 0 Å². The van der Waals surface area contributed by atoms with Crippen LogP contribution in [0.5, 0.6) is 5.75 Å². The van der Waals surface area contributed by atoms with Gasteiger partial charge >= 0.3 is 0 Å². The van der Waals surface area contributed by atoms with Crippen molar-refractivity contribution < 1.29 is 14.4 Å². The lowest BCUT2D eigenvalue weighted by atomic mass is 10.0. The average molecular weight is 222 g/mol. The van der Waals surface area contributed by atoms with E-state index in [4.69, 9.17) is 10.6 Å². The summed E-state index contributed by atoms with van der Waals surface area (Å²) in [6.45, 7) is 0.412. The molecule has 0 aromatic heterocycles. The van der Waals surface area contributed by atoms with Crippen LogP contribution in [0.2, 0.25) is 0 Å². The fourth-order valence-corrected chi connectivity index (χ4v) is 1.88. The summed E-state index contributed by atoms with van der Waals surface area (Å²) in [5, 5.41) is 2.84. The van der Waals surface area contributed by atoms with Crippen molar-refractivity contribution in [2.24, 2.45) is 5.90 Å². The molecule has 3 N–H and O–H groups in total. The van der Waals surface area contributed by atoms with E-state index in [1.165, 1.54) is 0 Å². The number of ether oxygens (including phenoxy) is 1. The van der Waals surface area contributed by atoms with Crippen LogP contribution < -0.4 is 16.0 Å². The first-order valence-electron chi connectivity index (χ1n) is 5.06. The maximum atomic E-state index is 11.3. The molecule has 1 amide bonds. The van der Waals surface area contributed by atoms with Gasteiger partial charge in [0.2, 0.25) is 5.91 Å². The molecule has 0 fully saturated rings. The second-order valence-electron chi connectivity index (χ2n) is 3.67. The molecule has 2 rings (SSSR count). The standard InChI is InChI=1S/C11H14N2O3/c1-15-9-4-7(2-3-16-12)11-8(5-9)6-10(14)13-11/h4-5H,2-3,6,12H2,1H3,(H,13,14). The van der Waals surface area contributed by atoms with E-state index in [-0.39, 0.29) is 5.91 Å². The summed E-state index contributed by atoms with van der Waals surface area (Å²) < 4.78 is 5.18. The summed E-state index contributed by atoms with van der Waals surface area (Å²) in [6.07, 6.45) is 1.05. The SMILES string of the molecule is COc1cc(CCON)c2c(c1)CC(=O)N2. The number of hydrogen-bond acceptors (Lipinski definition) is 4. The summed E-state index contributed by atoms with van der Waals surface area (Å²) >= 11 is 0. The van der Waals surface area contributed by atoms with Crippen molar-refractivity contribution in [2.75, 3.05) is 19.0 Å². The summed E-state index contributed by atoms with van der Waals surface area (Å²) in [4.78, 5) is 15.9. The topological polar surface area (TPSA) is 73.6 Å². The largest absolute Gasteiger partial charge is 0.497 e. The number of benzene rings is 1. The van der Waals surface area contributed by atoms with Crippen molar-refractivity contribution in [1.29, 1.82) is 0 Å². The van der Waals surface area contributed by atoms with Gasteiger partial charge < -0.3 is 14.9 Å². The Morgan fingerprint density at radius 2 is 2.31 bits per heavy atom. The number of carbonyl (C=O) groups excluding carboxylic acids is 1. The molecule has 1 aliphatic heterocycles. The lowest BCUT2D eigenvalue weighted by Crippen LogP contribution is -2.07. The number of methoxy groups -OCH3 is 1.